The molecule has 25 heavy (non-hydrogen) atoms. The molecule has 0 amide bonds. The van der Waals surface area contributed by atoms with Crippen LogP contribution in [0.3, 0.4) is 0 Å². The van der Waals surface area contributed by atoms with Gasteiger partial charge in [-0.3, -0.25) is 10.1 Å². The fraction of sp³-hybridized carbons (Fsp3) is 0.294. The number of para-hydroxylation sites is 1. The minimum Gasteiger partial charge on any atom is -0.478 e. The number of nitrogens with zero attached hydrogens (tertiary/aromatic N) is 1. The second kappa shape index (κ2) is 7.16. The van der Waals surface area contributed by atoms with Crippen LogP contribution in [-0.4, -0.2) is 28.6 Å². The van der Waals surface area contributed by atoms with Gasteiger partial charge in [-0.25, -0.2) is 9.59 Å². The first-order valence-electron chi connectivity index (χ1n) is 7.61. The van der Waals surface area contributed by atoms with Gasteiger partial charge >= 0.3 is 11.9 Å². The number of allylic oxidation sites excluding steroid dienone is 2. The van der Waals surface area contributed by atoms with Crippen molar-refractivity contribution in [1.82, 2.24) is 5.32 Å². The second-order valence-corrected chi connectivity index (χ2v) is 5.48. The Morgan fingerprint density at radius 3 is 2.40 bits per heavy atom. The minimum absolute atomic E-state index is 0.0548. The number of benzene rings is 1. The Balaban J connectivity index is 2.77. The van der Waals surface area contributed by atoms with Crippen molar-refractivity contribution in [2.75, 3.05) is 6.61 Å². The average molecular weight is 346 g/mol. The number of carbonyl (C=O) groups excluding carboxylic acids is 1. The number of dihydropyridines is 1. The van der Waals surface area contributed by atoms with Crippen molar-refractivity contribution in [3.8, 4) is 0 Å². The van der Waals surface area contributed by atoms with Crippen LogP contribution < -0.4 is 5.32 Å². The summed E-state index contributed by atoms with van der Waals surface area (Å²) in [5.74, 6) is -3.07. The topological polar surface area (TPSA) is 119 Å². The van der Waals surface area contributed by atoms with Gasteiger partial charge in [-0.1, -0.05) is 18.2 Å². The van der Waals surface area contributed by atoms with Gasteiger partial charge in [0, 0.05) is 23.0 Å². The summed E-state index contributed by atoms with van der Waals surface area (Å²) in [7, 11) is 0. The summed E-state index contributed by atoms with van der Waals surface area (Å²) < 4.78 is 5.04. The molecule has 1 aliphatic heterocycles. The predicted molar refractivity (Wildman–Crippen MR) is 88.6 cm³/mol. The number of aliphatic carboxylic acids is 1. The first kappa shape index (κ1) is 18.2. The molecule has 0 aliphatic carbocycles. The molecule has 2 N–H and O–H groups in total. The van der Waals surface area contributed by atoms with Crippen molar-refractivity contribution in [3.63, 3.8) is 0 Å². The predicted octanol–water partition coefficient (Wildman–Crippen LogP) is 2.48. The van der Waals surface area contributed by atoms with E-state index < -0.39 is 22.8 Å². The van der Waals surface area contributed by atoms with E-state index in [2.05, 4.69) is 5.32 Å². The van der Waals surface area contributed by atoms with Crippen LogP contribution in [0.1, 0.15) is 32.3 Å². The molecule has 8 nitrogen and oxygen atoms in total. The summed E-state index contributed by atoms with van der Waals surface area (Å²) >= 11 is 0. The fourth-order valence-electron chi connectivity index (χ4n) is 2.97. The van der Waals surface area contributed by atoms with E-state index >= 15 is 0 Å². The van der Waals surface area contributed by atoms with Crippen molar-refractivity contribution in [2.45, 2.75) is 26.7 Å². The smallest absolute Gasteiger partial charge is 0.336 e. The maximum atomic E-state index is 12.4. The maximum Gasteiger partial charge on any atom is 0.336 e. The summed E-state index contributed by atoms with van der Waals surface area (Å²) in [5.41, 5.74) is 0.538. The highest BCUT2D eigenvalue weighted by molar-refractivity contribution is 5.99. The molecule has 0 radical (unpaired) electrons. The van der Waals surface area contributed by atoms with Crippen LogP contribution >= 0.6 is 0 Å². The number of carbonyl (C=O) groups is 2. The number of nitro benzene ring substituents is 1. The van der Waals surface area contributed by atoms with Crippen LogP contribution in [0, 0.1) is 10.1 Å². The van der Waals surface area contributed by atoms with Crippen molar-refractivity contribution in [1.29, 1.82) is 0 Å². The summed E-state index contributed by atoms with van der Waals surface area (Å²) in [4.78, 5) is 35.1. The molecule has 0 bridgehead atoms. The van der Waals surface area contributed by atoms with Crippen molar-refractivity contribution in [2.24, 2.45) is 0 Å². The lowest BCUT2D eigenvalue weighted by atomic mass is 9.80. The molecule has 1 aromatic rings. The Hall–Kier alpha value is -3.16. The van der Waals surface area contributed by atoms with Crippen LogP contribution in [0.5, 0.6) is 0 Å². The number of nitrogens with one attached hydrogen (secondary N) is 1. The molecule has 1 aliphatic rings. The van der Waals surface area contributed by atoms with E-state index in [1.807, 2.05) is 0 Å². The normalized spacial score (nSPS) is 17.2. The van der Waals surface area contributed by atoms with Gasteiger partial charge in [0.1, 0.15) is 0 Å². The fourth-order valence-corrected chi connectivity index (χ4v) is 2.97. The minimum atomic E-state index is -1.26. The first-order chi connectivity index (χ1) is 11.8. The molecule has 0 aromatic heterocycles. The van der Waals surface area contributed by atoms with E-state index in [4.69, 9.17) is 4.74 Å². The lowest BCUT2D eigenvalue weighted by Crippen LogP contribution is -2.32. The average Bonchev–Trinajstić information content (AvgIpc) is 2.53. The van der Waals surface area contributed by atoms with Crippen LogP contribution in [0.15, 0.2) is 46.8 Å². The Kier molecular flexibility index (Phi) is 5.21. The highest BCUT2D eigenvalue weighted by atomic mass is 16.6. The third-order valence-electron chi connectivity index (χ3n) is 3.93. The van der Waals surface area contributed by atoms with Gasteiger partial charge in [0.05, 0.1) is 28.6 Å². The number of hydrogen-bond acceptors (Lipinski definition) is 6. The third-order valence-corrected chi connectivity index (χ3v) is 3.93. The molecule has 0 spiro atoms. The highest BCUT2D eigenvalue weighted by Crippen LogP contribution is 2.42. The summed E-state index contributed by atoms with van der Waals surface area (Å²) in [6, 6.07) is 5.79. The third kappa shape index (κ3) is 3.37. The van der Waals surface area contributed by atoms with Gasteiger partial charge in [0.25, 0.3) is 5.69 Å². The van der Waals surface area contributed by atoms with E-state index in [-0.39, 0.29) is 29.0 Å². The molecule has 1 atom stereocenters. The standard InChI is InChI=1S/C17H18N2O6/c1-4-25-17(22)14-10(3)18-9(2)13(16(20)21)15(14)11-7-5-6-8-12(11)19(23)24/h5-8,15,18H,4H2,1-3H3,(H,20,21). The molecule has 1 unspecified atom stereocenters. The molecular weight excluding hydrogens is 328 g/mol. The largest absolute Gasteiger partial charge is 0.478 e. The van der Waals surface area contributed by atoms with E-state index in [0.29, 0.717) is 11.4 Å². The van der Waals surface area contributed by atoms with Gasteiger partial charge in [0.2, 0.25) is 0 Å². The van der Waals surface area contributed by atoms with Gasteiger partial charge in [-0.05, 0) is 20.8 Å². The highest BCUT2D eigenvalue weighted by Gasteiger charge is 2.40. The number of esters is 1. The van der Waals surface area contributed by atoms with Crippen LogP contribution in [0.25, 0.3) is 0 Å². The quantitative estimate of drug-likeness (QED) is 0.477. The maximum absolute atomic E-state index is 12.4. The zero-order valence-electron chi connectivity index (χ0n) is 14.0. The van der Waals surface area contributed by atoms with E-state index in [1.54, 1.807) is 26.8 Å². The zero-order valence-corrected chi connectivity index (χ0v) is 14.0. The number of nitro groups is 1. The van der Waals surface area contributed by atoms with Crippen molar-refractivity contribution in [3.05, 3.63) is 62.5 Å². The number of ether oxygens (including phenoxy) is 1. The molecule has 0 saturated carbocycles. The van der Waals surface area contributed by atoms with Crippen LogP contribution in [-0.2, 0) is 14.3 Å². The molecule has 1 aromatic carbocycles. The van der Waals surface area contributed by atoms with Gasteiger partial charge in [-0.15, -0.1) is 0 Å². The molecule has 0 saturated heterocycles. The second-order valence-electron chi connectivity index (χ2n) is 5.48. The summed E-state index contributed by atoms with van der Waals surface area (Å²) in [6.07, 6.45) is 0. The monoisotopic (exact) mass is 346 g/mol. The van der Waals surface area contributed by atoms with Gasteiger partial charge in [0.15, 0.2) is 0 Å². The number of rotatable bonds is 5. The summed E-state index contributed by atoms with van der Waals surface area (Å²) in [5, 5.41) is 23.9. The van der Waals surface area contributed by atoms with Gasteiger partial charge < -0.3 is 15.2 Å². The van der Waals surface area contributed by atoms with Crippen molar-refractivity contribution < 1.29 is 24.4 Å². The number of carboxylic acid groups (broad SMARTS) is 1. The van der Waals surface area contributed by atoms with E-state index in [1.165, 1.54) is 18.2 Å². The molecule has 2 rings (SSSR count). The van der Waals surface area contributed by atoms with E-state index in [9.17, 15) is 24.8 Å². The van der Waals surface area contributed by atoms with Crippen molar-refractivity contribution >= 4 is 17.6 Å². The first-order valence-corrected chi connectivity index (χ1v) is 7.61. The molecule has 1 heterocycles. The lowest BCUT2D eigenvalue weighted by Gasteiger charge is -2.29. The SMILES string of the molecule is CCOC(=O)C1=C(C)NC(C)=C(C(=O)O)C1c1ccccc1[N+](=O)[O-]. The molecule has 8 heteroatoms. The molecule has 0 fully saturated rings. The number of hydrogen-bond donors (Lipinski definition) is 2. The number of carboxylic acids is 1. The lowest BCUT2D eigenvalue weighted by molar-refractivity contribution is -0.385. The van der Waals surface area contributed by atoms with Crippen LogP contribution in [0.2, 0.25) is 0 Å². The Morgan fingerprint density at radius 2 is 1.84 bits per heavy atom. The Labute approximate surface area is 143 Å². The van der Waals surface area contributed by atoms with E-state index in [0.717, 1.165) is 0 Å². The zero-order chi connectivity index (χ0) is 18.7. The van der Waals surface area contributed by atoms with Crippen LogP contribution in [0.4, 0.5) is 5.69 Å². The summed E-state index contributed by atoms with van der Waals surface area (Å²) in [6.45, 7) is 4.89. The molecular formula is C17H18N2O6. The van der Waals surface area contributed by atoms with Gasteiger partial charge in [-0.2, -0.15) is 0 Å². The Morgan fingerprint density at radius 1 is 1.24 bits per heavy atom. The Bertz CT molecular complexity index is 809. The molecule has 132 valence electrons.